The van der Waals surface area contributed by atoms with Crippen LogP contribution in [0.2, 0.25) is 0 Å². The molecule has 0 aromatic heterocycles. The quantitative estimate of drug-likeness (QED) is 0.493. The molecule has 0 spiro atoms. The van der Waals surface area contributed by atoms with Crippen molar-refractivity contribution in [1.82, 2.24) is 10.7 Å². The number of thiocarbonyl (C=S) groups is 1. The van der Waals surface area contributed by atoms with E-state index in [1.165, 1.54) is 6.07 Å². The smallest absolute Gasteiger partial charge is 0.187 e. The summed E-state index contributed by atoms with van der Waals surface area (Å²) >= 11 is 8.23. The molecule has 2 aromatic rings. The van der Waals surface area contributed by atoms with Crippen molar-refractivity contribution in [2.45, 2.75) is 6.54 Å². The Morgan fingerprint density at radius 3 is 2.71 bits per heavy atom. The zero-order valence-corrected chi connectivity index (χ0v) is 13.4. The van der Waals surface area contributed by atoms with Crippen LogP contribution in [0.3, 0.4) is 0 Å². The fraction of sp³-hybridized carbons (Fsp3) is 0.0667. The van der Waals surface area contributed by atoms with E-state index in [9.17, 15) is 4.39 Å². The lowest BCUT2D eigenvalue weighted by Crippen LogP contribution is -2.31. The third-order valence-electron chi connectivity index (χ3n) is 2.62. The molecule has 0 saturated heterocycles. The zero-order valence-electron chi connectivity index (χ0n) is 11.0. The van der Waals surface area contributed by atoms with Gasteiger partial charge < -0.3 is 5.32 Å². The number of benzene rings is 2. The predicted molar refractivity (Wildman–Crippen MR) is 90.7 cm³/mol. The van der Waals surface area contributed by atoms with Crippen LogP contribution in [0.5, 0.6) is 0 Å². The number of halogens is 2. The summed E-state index contributed by atoms with van der Waals surface area (Å²) < 4.78 is 13.5. The molecule has 108 valence electrons. The molecule has 0 amide bonds. The fourth-order valence-corrected chi connectivity index (χ4v) is 2.10. The molecule has 6 heteroatoms. The maximum atomic E-state index is 13.1. The molecular formula is C15H13BrFN3S. The van der Waals surface area contributed by atoms with Crippen LogP contribution in [0.15, 0.2) is 58.1 Å². The Hall–Kier alpha value is -1.79. The lowest BCUT2D eigenvalue weighted by atomic mass is 10.2. The monoisotopic (exact) mass is 365 g/mol. The Labute approximate surface area is 136 Å². The van der Waals surface area contributed by atoms with E-state index in [0.717, 1.165) is 11.1 Å². The Morgan fingerprint density at radius 1 is 1.24 bits per heavy atom. The van der Waals surface area contributed by atoms with Crippen LogP contribution in [-0.4, -0.2) is 11.3 Å². The van der Waals surface area contributed by atoms with E-state index in [4.69, 9.17) is 12.2 Å². The van der Waals surface area contributed by atoms with Gasteiger partial charge in [-0.1, -0.05) is 36.4 Å². The average molecular weight is 366 g/mol. The molecule has 0 aliphatic heterocycles. The van der Waals surface area contributed by atoms with Crippen molar-refractivity contribution in [1.29, 1.82) is 0 Å². The molecule has 0 aliphatic rings. The standard InChI is InChI=1S/C15H13BrFN3S/c16-13-8-12(6-7-14(13)17)10-19-20-15(21)18-9-11-4-2-1-3-5-11/h1-8,10H,9H2,(H2,18,20,21). The second-order valence-electron chi connectivity index (χ2n) is 4.21. The molecule has 2 aromatic carbocycles. The molecule has 3 nitrogen and oxygen atoms in total. The largest absolute Gasteiger partial charge is 0.357 e. The normalized spacial score (nSPS) is 10.6. The minimum absolute atomic E-state index is 0.305. The Balaban J connectivity index is 1.80. The second-order valence-corrected chi connectivity index (χ2v) is 5.47. The number of rotatable bonds is 4. The van der Waals surface area contributed by atoms with E-state index < -0.39 is 0 Å². The first-order chi connectivity index (χ1) is 10.1. The van der Waals surface area contributed by atoms with Crippen molar-refractivity contribution in [3.63, 3.8) is 0 Å². The molecule has 21 heavy (non-hydrogen) atoms. The third-order valence-corrected chi connectivity index (χ3v) is 3.46. The minimum Gasteiger partial charge on any atom is -0.357 e. The SMILES string of the molecule is Fc1ccc(C=NNC(=S)NCc2ccccc2)cc1Br. The van der Waals surface area contributed by atoms with E-state index in [-0.39, 0.29) is 5.82 Å². The summed E-state index contributed by atoms with van der Waals surface area (Å²) in [4.78, 5) is 0. The van der Waals surface area contributed by atoms with Crippen LogP contribution in [0, 0.1) is 5.82 Å². The lowest BCUT2D eigenvalue weighted by molar-refractivity contribution is 0.621. The van der Waals surface area contributed by atoms with Gasteiger partial charge in [-0.3, -0.25) is 5.43 Å². The lowest BCUT2D eigenvalue weighted by Gasteiger charge is -2.06. The van der Waals surface area contributed by atoms with Crippen LogP contribution in [-0.2, 0) is 6.54 Å². The van der Waals surface area contributed by atoms with E-state index in [2.05, 4.69) is 31.8 Å². The number of nitrogens with zero attached hydrogens (tertiary/aromatic N) is 1. The van der Waals surface area contributed by atoms with Gasteiger partial charge in [0.1, 0.15) is 5.82 Å². The van der Waals surface area contributed by atoms with Gasteiger partial charge in [-0.15, -0.1) is 0 Å². The van der Waals surface area contributed by atoms with Crippen LogP contribution in [0.1, 0.15) is 11.1 Å². The van der Waals surface area contributed by atoms with Gasteiger partial charge in [0.2, 0.25) is 0 Å². The van der Waals surface area contributed by atoms with Crippen molar-refractivity contribution < 1.29 is 4.39 Å². The van der Waals surface area contributed by atoms with Gasteiger partial charge in [-0.2, -0.15) is 5.10 Å². The summed E-state index contributed by atoms with van der Waals surface area (Å²) in [7, 11) is 0. The molecule has 0 heterocycles. The van der Waals surface area contributed by atoms with Crippen molar-refractivity contribution in [3.05, 3.63) is 69.9 Å². The Kier molecular flexibility index (Phi) is 5.83. The number of hydrogen-bond donors (Lipinski definition) is 2. The first-order valence-corrected chi connectivity index (χ1v) is 7.41. The van der Waals surface area contributed by atoms with E-state index in [1.54, 1.807) is 18.3 Å². The number of hydrogen-bond acceptors (Lipinski definition) is 2. The molecule has 0 unspecified atom stereocenters. The Morgan fingerprint density at radius 2 is 2.00 bits per heavy atom. The summed E-state index contributed by atoms with van der Waals surface area (Å²) in [6.07, 6.45) is 1.57. The molecule has 0 radical (unpaired) electrons. The van der Waals surface area contributed by atoms with Crippen molar-refractivity contribution >= 4 is 39.5 Å². The summed E-state index contributed by atoms with van der Waals surface area (Å²) in [5, 5.41) is 7.47. The average Bonchev–Trinajstić information content (AvgIpc) is 2.50. The fourth-order valence-electron chi connectivity index (χ4n) is 1.58. The van der Waals surface area contributed by atoms with Gasteiger partial charge in [-0.05, 0) is 51.4 Å². The highest BCUT2D eigenvalue weighted by molar-refractivity contribution is 9.10. The molecular weight excluding hydrogens is 353 g/mol. The third kappa shape index (κ3) is 5.24. The van der Waals surface area contributed by atoms with Gasteiger partial charge >= 0.3 is 0 Å². The highest BCUT2D eigenvalue weighted by atomic mass is 79.9. The van der Waals surface area contributed by atoms with Crippen LogP contribution < -0.4 is 10.7 Å². The van der Waals surface area contributed by atoms with Crippen LogP contribution in [0.4, 0.5) is 4.39 Å². The molecule has 2 N–H and O–H groups in total. The molecule has 0 aliphatic carbocycles. The highest BCUT2D eigenvalue weighted by Gasteiger charge is 1.98. The number of hydrazone groups is 1. The van der Waals surface area contributed by atoms with Crippen LogP contribution in [0.25, 0.3) is 0 Å². The minimum atomic E-state index is -0.305. The first-order valence-electron chi connectivity index (χ1n) is 6.21. The molecule has 0 atom stereocenters. The molecule has 2 rings (SSSR count). The maximum Gasteiger partial charge on any atom is 0.187 e. The maximum absolute atomic E-state index is 13.1. The van der Waals surface area contributed by atoms with Gasteiger partial charge in [-0.25, -0.2) is 4.39 Å². The van der Waals surface area contributed by atoms with Crippen LogP contribution >= 0.6 is 28.1 Å². The highest BCUT2D eigenvalue weighted by Crippen LogP contribution is 2.15. The van der Waals surface area contributed by atoms with Gasteiger partial charge in [0.05, 0.1) is 10.7 Å². The Bertz CT molecular complexity index is 647. The first kappa shape index (κ1) is 15.6. The predicted octanol–water partition coefficient (Wildman–Crippen LogP) is 3.59. The number of nitrogens with one attached hydrogen (secondary N) is 2. The molecule has 0 saturated carbocycles. The summed E-state index contributed by atoms with van der Waals surface area (Å²) in [5.74, 6) is -0.305. The van der Waals surface area contributed by atoms with E-state index in [1.807, 2.05) is 30.3 Å². The summed E-state index contributed by atoms with van der Waals surface area (Å²) in [6, 6.07) is 14.6. The summed E-state index contributed by atoms with van der Waals surface area (Å²) in [6.45, 7) is 0.629. The summed E-state index contributed by atoms with van der Waals surface area (Å²) in [5.41, 5.74) is 4.61. The zero-order chi connectivity index (χ0) is 15.1. The van der Waals surface area contributed by atoms with Gasteiger partial charge in [0.15, 0.2) is 5.11 Å². The van der Waals surface area contributed by atoms with Gasteiger partial charge in [0, 0.05) is 6.54 Å². The van der Waals surface area contributed by atoms with Crippen molar-refractivity contribution in [2.75, 3.05) is 0 Å². The molecule has 0 bridgehead atoms. The van der Waals surface area contributed by atoms with E-state index >= 15 is 0 Å². The van der Waals surface area contributed by atoms with E-state index in [0.29, 0.717) is 16.1 Å². The molecule has 0 fully saturated rings. The van der Waals surface area contributed by atoms with Crippen molar-refractivity contribution in [3.8, 4) is 0 Å². The second kappa shape index (κ2) is 7.85. The van der Waals surface area contributed by atoms with Crippen molar-refractivity contribution in [2.24, 2.45) is 5.10 Å². The van der Waals surface area contributed by atoms with Gasteiger partial charge in [0.25, 0.3) is 0 Å². The topological polar surface area (TPSA) is 36.4 Å².